The standard InChI is InChI=1S/C15H30N4S/c1-6-9-19-14(16-17-15(19)20)18(10-7-12(2)3)11-8-13(4)5/h12-13H,6-11H2,1-5H3,(H,17,20). The molecule has 0 aromatic carbocycles. The van der Waals surface area contributed by atoms with Crippen LogP contribution in [0.4, 0.5) is 5.95 Å². The average molecular weight is 298 g/mol. The van der Waals surface area contributed by atoms with Gasteiger partial charge in [0.25, 0.3) is 0 Å². The first-order valence-electron chi connectivity index (χ1n) is 7.85. The molecule has 0 unspecified atom stereocenters. The zero-order valence-electron chi connectivity index (χ0n) is 13.6. The molecule has 4 nitrogen and oxygen atoms in total. The Balaban J connectivity index is 2.87. The van der Waals surface area contributed by atoms with Crippen molar-refractivity contribution in [2.24, 2.45) is 11.8 Å². The third-order valence-electron chi connectivity index (χ3n) is 3.42. The van der Waals surface area contributed by atoms with Crippen LogP contribution in [0.3, 0.4) is 0 Å². The van der Waals surface area contributed by atoms with Crippen molar-refractivity contribution < 1.29 is 0 Å². The largest absolute Gasteiger partial charge is 0.341 e. The summed E-state index contributed by atoms with van der Waals surface area (Å²) in [5.74, 6) is 2.43. The van der Waals surface area contributed by atoms with E-state index in [2.05, 4.69) is 54.3 Å². The molecule has 0 saturated carbocycles. The van der Waals surface area contributed by atoms with E-state index in [0.29, 0.717) is 11.8 Å². The molecule has 0 saturated heterocycles. The van der Waals surface area contributed by atoms with Crippen molar-refractivity contribution in [3.63, 3.8) is 0 Å². The van der Waals surface area contributed by atoms with E-state index in [1.54, 1.807) is 0 Å². The van der Waals surface area contributed by atoms with Crippen molar-refractivity contribution in [2.45, 2.75) is 60.4 Å². The molecule has 0 aliphatic carbocycles. The fourth-order valence-electron chi connectivity index (χ4n) is 2.12. The Labute approximate surface area is 128 Å². The van der Waals surface area contributed by atoms with Crippen LogP contribution in [0.1, 0.15) is 53.9 Å². The van der Waals surface area contributed by atoms with E-state index in [9.17, 15) is 0 Å². The van der Waals surface area contributed by atoms with Gasteiger partial charge in [0.15, 0.2) is 4.77 Å². The molecule has 20 heavy (non-hydrogen) atoms. The van der Waals surface area contributed by atoms with Crippen molar-refractivity contribution in [1.29, 1.82) is 0 Å². The van der Waals surface area contributed by atoms with Crippen LogP contribution < -0.4 is 4.90 Å². The van der Waals surface area contributed by atoms with E-state index in [1.807, 2.05) is 0 Å². The molecule has 0 spiro atoms. The Hall–Kier alpha value is -0.840. The van der Waals surface area contributed by atoms with E-state index in [0.717, 1.165) is 36.8 Å². The first-order chi connectivity index (χ1) is 9.45. The fraction of sp³-hybridized carbons (Fsp3) is 0.867. The van der Waals surface area contributed by atoms with Gasteiger partial charge in [0.05, 0.1) is 0 Å². The van der Waals surface area contributed by atoms with E-state index < -0.39 is 0 Å². The van der Waals surface area contributed by atoms with E-state index in [-0.39, 0.29) is 0 Å². The second kappa shape index (κ2) is 8.45. The highest BCUT2D eigenvalue weighted by Gasteiger charge is 2.15. The molecule has 0 aliphatic heterocycles. The Morgan fingerprint density at radius 1 is 1.15 bits per heavy atom. The number of nitrogens with one attached hydrogen (secondary N) is 1. The molecule has 5 heteroatoms. The minimum atomic E-state index is 0.707. The summed E-state index contributed by atoms with van der Waals surface area (Å²) in [4.78, 5) is 2.39. The smallest absolute Gasteiger partial charge is 0.225 e. The highest BCUT2D eigenvalue weighted by atomic mass is 32.1. The van der Waals surface area contributed by atoms with Gasteiger partial charge in [-0.1, -0.05) is 34.6 Å². The van der Waals surface area contributed by atoms with Crippen LogP contribution in [0.15, 0.2) is 0 Å². The maximum atomic E-state index is 5.35. The molecule has 1 aromatic heterocycles. The number of anilines is 1. The molecule has 0 aliphatic rings. The van der Waals surface area contributed by atoms with Gasteiger partial charge in [0.2, 0.25) is 5.95 Å². The molecular weight excluding hydrogens is 268 g/mol. The topological polar surface area (TPSA) is 36.9 Å². The summed E-state index contributed by atoms with van der Waals surface area (Å²) in [6.07, 6.45) is 3.44. The Bertz CT molecular complexity index is 421. The fourth-order valence-corrected chi connectivity index (χ4v) is 2.33. The van der Waals surface area contributed by atoms with E-state index in [4.69, 9.17) is 12.2 Å². The van der Waals surface area contributed by atoms with Gasteiger partial charge < -0.3 is 4.90 Å². The first kappa shape index (κ1) is 17.2. The van der Waals surface area contributed by atoms with Gasteiger partial charge in [0.1, 0.15) is 0 Å². The lowest BCUT2D eigenvalue weighted by Gasteiger charge is -2.25. The molecule has 1 heterocycles. The van der Waals surface area contributed by atoms with Crippen LogP contribution in [0.25, 0.3) is 0 Å². The summed E-state index contributed by atoms with van der Waals surface area (Å²) in [7, 11) is 0. The maximum absolute atomic E-state index is 5.35. The summed E-state index contributed by atoms with van der Waals surface area (Å²) in [5.41, 5.74) is 0. The number of aromatic amines is 1. The molecule has 116 valence electrons. The van der Waals surface area contributed by atoms with Crippen LogP contribution in [0.5, 0.6) is 0 Å². The first-order valence-corrected chi connectivity index (χ1v) is 8.26. The minimum Gasteiger partial charge on any atom is -0.341 e. The molecule has 0 radical (unpaired) electrons. The Morgan fingerprint density at radius 3 is 2.15 bits per heavy atom. The van der Waals surface area contributed by atoms with Gasteiger partial charge in [-0.15, -0.1) is 5.10 Å². The molecule has 0 amide bonds. The Morgan fingerprint density at radius 2 is 1.70 bits per heavy atom. The summed E-state index contributed by atoms with van der Waals surface area (Å²) >= 11 is 5.35. The molecule has 0 bridgehead atoms. The summed E-state index contributed by atoms with van der Waals surface area (Å²) < 4.78 is 2.87. The number of hydrogen-bond donors (Lipinski definition) is 1. The summed E-state index contributed by atoms with van der Waals surface area (Å²) in [6, 6.07) is 0. The zero-order chi connectivity index (χ0) is 15.1. The maximum Gasteiger partial charge on any atom is 0.225 e. The minimum absolute atomic E-state index is 0.707. The average Bonchev–Trinajstić information content (AvgIpc) is 2.72. The number of nitrogens with zero attached hydrogens (tertiary/aromatic N) is 3. The van der Waals surface area contributed by atoms with Crippen molar-refractivity contribution in [3.05, 3.63) is 4.77 Å². The zero-order valence-corrected chi connectivity index (χ0v) is 14.5. The molecular formula is C15H30N4S. The molecule has 1 N–H and O–H groups in total. The third-order valence-corrected chi connectivity index (χ3v) is 3.73. The SMILES string of the molecule is CCCn1c(N(CCC(C)C)CCC(C)C)n[nH]c1=S. The number of rotatable bonds is 9. The summed E-state index contributed by atoms with van der Waals surface area (Å²) in [6.45, 7) is 14.3. The number of H-pyrrole nitrogens is 1. The monoisotopic (exact) mass is 298 g/mol. The highest BCUT2D eigenvalue weighted by Crippen LogP contribution is 2.16. The van der Waals surface area contributed by atoms with Gasteiger partial charge in [-0.2, -0.15) is 0 Å². The second-order valence-corrected chi connectivity index (χ2v) is 6.72. The van der Waals surface area contributed by atoms with E-state index in [1.165, 1.54) is 12.8 Å². The van der Waals surface area contributed by atoms with Crippen LogP contribution >= 0.6 is 12.2 Å². The molecule has 1 rings (SSSR count). The number of hydrogen-bond acceptors (Lipinski definition) is 3. The Kier molecular flexibility index (Phi) is 7.27. The van der Waals surface area contributed by atoms with Gasteiger partial charge in [-0.25, -0.2) is 5.10 Å². The lowest BCUT2D eigenvalue weighted by Crippen LogP contribution is -2.30. The van der Waals surface area contributed by atoms with Crippen molar-refractivity contribution in [3.8, 4) is 0 Å². The van der Waals surface area contributed by atoms with Crippen LogP contribution in [-0.2, 0) is 6.54 Å². The quantitative estimate of drug-likeness (QED) is 0.692. The van der Waals surface area contributed by atoms with Gasteiger partial charge >= 0.3 is 0 Å². The lowest BCUT2D eigenvalue weighted by molar-refractivity contribution is 0.521. The predicted octanol–water partition coefficient (Wildman–Crippen LogP) is 4.25. The van der Waals surface area contributed by atoms with Gasteiger partial charge in [-0.3, -0.25) is 4.57 Å². The third kappa shape index (κ3) is 5.27. The molecule has 0 fully saturated rings. The van der Waals surface area contributed by atoms with Gasteiger partial charge in [0, 0.05) is 19.6 Å². The highest BCUT2D eigenvalue weighted by molar-refractivity contribution is 7.71. The van der Waals surface area contributed by atoms with Crippen LogP contribution in [0, 0.1) is 16.6 Å². The normalized spacial score (nSPS) is 11.6. The van der Waals surface area contributed by atoms with Crippen LogP contribution in [-0.4, -0.2) is 27.9 Å². The lowest BCUT2D eigenvalue weighted by atomic mass is 10.1. The van der Waals surface area contributed by atoms with Crippen LogP contribution in [0.2, 0.25) is 0 Å². The molecule has 0 atom stereocenters. The van der Waals surface area contributed by atoms with Crippen molar-refractivity contribution in [1.82, 2.24) is 14.8 Å². The number of aromatic nitrogens is 3. The van der Waals surface area contributed by atoms with Crippen molar-refractivity contribution >= 4 is 18.2 Å². The second-order valence-electron chi connectivity index (χ2n) is 6.33. The van der Waals surface area contributed by atoms with Gasteiger partial charge in [-0.05, 0) is 43.3 Å². The molecule has 1 aromatic rings. The van der Waals surface area contributed by atoms with Crippen molar-refractivity contribution in [2.75, 3.05) is 18.0 Å². The van der Waals surface area contributed by atoms with E-state index >= 15 is 0 Å². The predicted molar refractivity (Wildman–Crippen MR) is 88.8 cm³/mol. The summed E-state index contributed by atoms with van der Waals surface area (Å²) in [5, 5.41) is 7.41.